The van der Waals surface area contributed by atoms with Gasteiger partial charge in [-0.3, -0.25) is 0 Å². The highest BCUT2D eigenvalue weighted by Crippen LogP contribution is 2.35. The lowest BCUT2D eigenvalue weighted by Crippen LogP contribution is -2.27. The van der Waals surface area contributed by atoms with E-state index in [2.05, 4.69) is 37.5 Å². The average Bonchev–Trinajstić information content (AvgIpc) is 3.21. The molecular weight excluding hydrogens is 436 g/mol. The molecule has 3 aromatic rings. The molecule has 0 amide bonds. The number of likely N-dealkylation sites (N-methyl/N-ethyl adjacent to an activating group) is 2. The first-order valence-electron chi connectivity index (χ1n) is 11.8. The first kappa shape index (κ1) is 25.1. The normalized spacial score (nSPS) is 11.6. The Hall–Kier alpha value is -2.48. The van der Waals surface area contributed by atoms with E-state index < -0.39 is 0 Å². The van der Waals surface area contributed by atoms with Gasteiger partial charge in [-0.25, -0.2) is 9.59 Å². The summed E-state index contributed by atoms with van der Waals surface area (Å²) in [5, 5.41) is 2.02. The SMILES string of the molecule is CCN(CC)CCOC(=O)c1ccc2c(c1)sc1ccc(C(=O)OCCN(CC)CC)cc12. The van der Waals surface area contributed by atoms with Gasteiger partial charge in [0.25, 0.3) is 0 Å². The molecule has 0 unspecified atom stereocenters. The monoisotopic (exact) mass is 470 g/mol. The first-order chi connectivity index (χ1) is 16.0. The summed E-state index contributed by atoms with van der Waals surface area (Å²) in [6.45, 7) is 14.4. The summed E-state index contributed by atoms with van der Waals surface area (Å²) < 4.78 is 13.0. The lowest BCUT2D eigenvalue weighted by atomic mass is 10.1. The lowest BCUT2D eigenvalue weighted by molar-refractivity contribution is 0.0458. The van der Waals surface area contributed by atoms with E-state index in [4.69, 9.17) is 9.47 Å². The van der Waals surface area contributed by atoms with Crippen LogP contribution in [0.2, 0.25) is 0 Å². The van der Waals surface area contributed by atoms with Crippen molar-refractivity contribution in [3.63, 3.8) is 0 Å². The van der Waals surface area contributed by atoms with Crippen LogP contribution < -0.4 is 0 Å². The van der Waals surface area contributed by atoms with Crippen LogP contribution in [0.25, 0.3) is 20.2 Å². The topological polar surface area (TPSA) is 59.1 Å². The second-order valence-electron chi connectivity index (χ2n) is 7.85. The molecule has 0 saturated carbocycles. The molecule has 7 heteroatoms. The summed E-state index contributed by atoms with van der Waals surface area (Å²) in [6.07, 6.45) is 0. The number of benzene rings is 2. The van der Waals surface area contributed by atoms with Crippen LogP contribution in [-0.2, 0) is 9.47 Å². The standard InChI is InChI=1S/C26H34N2O4S/c1-5-27(6-2)13-15-31-25(29)19-10-12-23-22(17-19)21-11-9-20(18-24(21)33-23)26(30)32-16-14-28(7-3)8-4/h9-12,17-18H,5-8,13-16H2,1-4H3. The van der Waals surface area contributed by atoms with Crippen LogP contribution in [0.15, 0.2) is 36.4 Å². The highest BCUT2D eigenvalue weighted by atomic mass is 32.1. The van der Waals surface area contributed by atoms with Gasteiger partial charge in [-0.05, 0) is 56.5 Å². The fourth-order valence-electron chi connectivity index (χ4n) is 3.81. The molecule has 0 fully saturated rings. The van der Waals surface area contributed by atoms with Crippen molar-refractivity contribution in [3.05, 3.63) is 47.5 Å². The third kappa shape index (κ3) is 6.31. The number of hydrogen-bond donors (Lipinski definition) is 0. The molecule has 33 heavy (non-hydrogen) atoms. The lowest BCUT2D eigenvalue weighted by Gasteiger charge is -2.17. The number of esters is 2. The Balaban J connectivity index is 1.70. The highest BCUT2D eigenvalue weighted by molar-refractivity contribution is 7.25. The van der Waals surface area contributed by atoms with Gasteiger partial charge in [-0.1, -0.05) is 33.8 Å². The van der Waals surface area contributed by atoms with Crippen molar-refractivity contribution in [1.29, 1.82) is 0 Å². The van der Waals surface area contributed by atoms with Crippen LogP contribution in [0.1, 0.15) is 48.4 Å². The maximum Gasteiger partial charge on any atom is 0.338 e. The van der Waals surface area contributed by atoms with Crippen LogP contribution >= 0.6 is 11.3 Å². The molecule has 178 valence electrons. The van der Waals surface area contributed by atoms with Gasteiger partial charge in [0.05, 0.1) is 11.1 Å². The zero-order valence-electron chi connectivity index (χ0n) is 20.1. The Morgan fingerprint density at radius 3 is 1.76 bits per heavy atom. The number of hydrogen-bond acceptors (Lipinski definition) is 7. The average molecular weight is 471 g/mol. The molecule has 0 bridgehead atoms. The number of carbonyl (C=O) groups excluding carboxylic acids is 2. The van der Waals surface area contributed by atoms with E-state index in [1.54, 1.807) is 23.5 Å². The predicted molar refractivity (Wildman–Crippen MR) is 135 cm³/mol. The molecular formula is C26H34N2O4S. The third-order valence-electron chi connectivity index (χ3n) is 6.01. The van der Waals surface area contributed by atoms with E-state index in [0.717, 1.165) is 59.4 Å². The predicted octanol–water partition coefficient (Wildman–Crippen LogP) is 5.05. The van der Waals surface area contributed by atoms with Gasteiger partial charge < -0.3 is 19.3 Å². The van der Waals surface area contributed by atoms with Crippen LogP contribution in [0.4, 0.5) is 0 Å². The van der Waals surface area contributed by atoms with Crippen molar-refractivity contribution in [3.8, 4) is 0 Å². The van der Waals surface area contributed by atoms with Gasteiger partial charge >= 0.3 is 11.9 Å². The molecule has 0 aliphatic heterocycles. The Kier molecular flexibility index (Phi) is 9.23. The quantitative estimate of drug-likeness (QED) is 0.345. The van der Waals surface area contributed by atoms with Crippen LogP contribution in [0.3, 0.4) is 0 Å². The van der Waals surface area contributed by atoms with Gasteiger partial charge in [0.15, 0.2) is 0 Å². The van der Waals surface area contributed by atoms with Crippen molar-refractivity contribution in [1.82, 2.24) is 9.80 Å². The van der Waals surface area contributed by atoms with Crippen molar-refractivity contribution < 1.29 is 19.1 Å². The van der Waals surface area contributed by atoms with E-state index in [0.29, 0.717) is 24.3 Å². The Bertz CT molecular complexity index is 1090. The minimum Gasteiger partial charge on any atom is -0.461 e. The summed E-state index contributed by atoms with van der Waals surface area (Å²) >= 11 is 1.60. The highest BCUT2D eigenvalue weighted by Gasteiger charge is 2.14. The molecule has 0 spiro atoms. The molecule has 0 radical (unpaired) electrons. The van der Waals surface area contributed by atoms with Crippen molar-refractivity contribution in [2.24, 2.45) is 0 Å². The Labute approximate surface area is 200 Å². The molecule has 0 aliphatic carbocycles. The van der Waals surface area contributed by atoms with Crippen molar-refractivity contribution in [2.45, 2.75) is 27.7 Å². The molecule has 0 N–H and O–H groups in total. The van der Waals surface area contributed by atoms with Crippen LogP contribution in [0.5, 0.6) is 0 Å². The summed E-state index contributed by atoms with van der Waals surface area (Å²) in [7, 11) is 0. The van der Waals surface area contributed by atoms with Gasteiger partial charge in [0.1, 0.15) is 13.2 Å². The molecule has 2 aromatic carbocycles. The second-order valence-corrected chi connectivity index (χ2v) is 8.93. The molecule has 3 rings (SSSR count). The number of thiophene rings is 1. The third-order valence-corrected chi connectivity index (χ3v) is 7.15. The van der Waals surface area contributed by atoms with E-state index in [1.807, 2.05) is 24.3 Å². The zero-order chi connectivity index (χ0) is 23.8. The molecule has 0 aliphatic rings. The number of carbonyl (C=O) groups is 2. The summed E-state index contributed by atoms with van der Waals surface area (Å²) in [5.41, 5.74) is 1.09. The molecule has 6 nitrogen and oxygen atoms in total. The van der Waals surface area contributed by atoms with Gasteiger partial charge in [-0.2, -0.15) is 0 Å². The van der Waals surface area contributed by atoms with Crippen molar-refractivity contribution in [2.75, 3.05) is 52.5 Å². The summed E-state index contributed by atoms with van der Waals surface area (Å²) in [5.74, 6) is -0.615. The number of ether oxygens (including phenoxy) is 2. The van der Waals surface area contributed by atoms with Crippen molar-refractivity contribution >= 4 is 43.4 Å². The van der Waals surface area contributed by atoms with E-state index in [-0.39, 0.29) is 11.9 Å². The Morgan fingerprint density at radius 2 is 1.21 bits per heavy atom. The van der Waals surface area contributed by atoms with E-state index >= 15 is 0 Å². The fraction of sp³-hybridized carbons (Fsp3) is 0.462. The van der Waals surface area contributed by atoms with Crippen LogP contribution in [0, 0.1) is 0 Å². The van der Waals surface area contributed by atoms with E-state index in [9.17, 15) is 9.59 Å². The number of rotatable bonds is 12. The Morgan fingerprint density at radius 1 is 0.697 bits per heavy atom. The van der Waals surface area contributed by atoms with Crippen LogP contribution in [-0.4, -0.2) is 74.2 Å². The number of fused-ring (bicyclic) bond motifs is 3. The molecule has 1 heterocycles. The second kappa shape index (κ2) is 12.1. The maximum atomic E-state index is 12.5. The minimum atomic E-state index is -0.309. The summed E-state index contributed by atoms with van der Waals surface area (Å²) in [4.78, 5) is 29.5. The van der Waals surface area contributed by atoms with Gasteiger partial charge in [0, 0.05) is 33.3 Å². The van der Waals surface area contributed by atoms with E-state index in [1.165, 1.54) is 0 Å². The number of nitrogens with zero attached hydrogens (tertiary/aromatic N) is 2. The molecule has 1 aromatic heterocycles. The summed E-state index contributed by atoms with van der Waals surface area (Å²) in [6, 6.07) is 11.2. The first-order valence-corrected chi connectivity index (χ1v) is 12.6. The van der Waals surface area contributed by atoms with Gasteiger partial charge in [0.2, 0.25) is 0 Å². The molecule has 0 saturated heterocycles. The largest absolute Gasteiger partial charge is 0.461 e. The smallest absolute Gasteiger partial charge is 0.338 e. The fourth-order valence-corrected chi connectivity index (χ4v) is 4.94. The van der Waals surface area contributed by atoms with Gasteiger partial charge in [-0.15, -0.1) is 11.3 Å². The zero-order valence-corrected chi connectivity index (χ0v) is 20.9. The molecule has 0 atom stereocenters. The maximum absolute atomic E-state index is 12.5. The minimum absolute atomic E-state index is 0.306.